The van der Waals surface area contributed by atoms with Crippen molar-refractivity contribution in [3.8, 4) is 0 Å². The van der Waals surface area contributed by atoms with Gasteiger partial charge in [-0.2, -0.15) is 0 Å². The summed E-state index contributed by atoms with van der Waals surface area (Å²) >= 11 is -1.52. The van der Waals surface area contributed by atoms with Crippen LogP contribution in [0.3, 0.4) is 0 Å². The molecule has 16 heavy (non-hydrogen) atoms. The molecule has 0 atom stereocenters. The van der Waals surface area contributed by atoms with Gasteiger partial charge in [0, 0.05) is 0 Å². The Balaban J connectivity index is 4.37. The minimum absolute atomic E-state index is 1.38. The molecule has 0 spiro atoms. The molecule has 0 aromatic rings. The summed E-state index contributed by atoms with van der Waals surface area (Å²) in [5.74, 6) is 0. The third kappa shape index (κ3) is 6.78. The molecule has 0 radical (unpaired) electrons. The summed E-state index contributed by atoms with van der Waals surface area (Å²) in [6.07, 6.45) is 10.8. The average molecular weight is 285 g/mol. The minimum atomic E-state index is -1.52. The first-order valence-electron chi connectivity index (χ1n) is 7.35. The van der Waals surface area contributed by atoms with E-state index < -0.39 is 13.3 Å². The maximum absolute atomic E-state index is 4.02. The van der Waals surface area contributed by atoms with Crippen molar-refractivity contribution in [2.75, 3.05) is 0 Å². The van der Waals surface area contributed by atoms with Gasteiger partial charge in [-0.15, -0.1) is 0 Å². The molecule has 0 saturated heterocycles. The van der Waals surface area contributed by atoms with Gasteiger partial charge in [-0.1, -0.05) is 0 Å². The van der Waals surface area contributed by atoms with Crippen molar-refractivity contribution in [1.29, 1.82) is 0 Å². The van der Waals surface area contributed by atoms with Crippen molar-refractivity contribution in [2.24, 2.45) is 0 Å². The molecule has 0 rings (SSSR count). The summed E-state index contributed by atoms with van der Waals surface area (Å²) in [4.78, 5) is 0. The predicted molar refractivity (Wildman–Crippen MR) is 79.9 cm³/mol. The van der Waals surface area contributed by atoms with Gasteiger partial charge in [-0.05, 0) is 0 Å². The van der Waals surface area contributed by atoms with Gasteiger partial charge in [-0.3, -0.25) is 0 Å². The van der Waals surface area contributed by atoms with E-state index in [1.54, 1.807) is 15.8 Å². The predicted octanol–water partition coefficient (Wildman–Crippen LogP) is 6.02. The zero-order chi connectivity index (χ0) is 12.3. The van der Waals surface area contributed by atoms with Crippen LogP contribution < -0.4 is 0 Å². The fourth-order valence-electron chi connectivity index (χ4n) is 2.64. The second-order valence-corrected chi connectivity index (χ2v) is 15.6. The summed E-state index contributed by atoms with van der Waals surface area (Å²) in [5.41, 5.74) is 0. The Morgan fingerprint density at radius 2 is 1.19 bits per heavy atom. The Morgan fingerprint density at radius 1 is 0.812 bits per heavy atom. The summed E-state index contributed by atoms with van der Waals surface area (Å²) in [6.45, 7) is 11.0. The van der Waals surface area contributed by atoms with Gasteiger partial charge in [0.25, 0.3) is 0 Å². The Kier molecular flexibility index (Phi) is 10.6. The van der Waals surface area contributed by atoms with E-state index in [0.29, 0.717) is 0 Å². The third-order valence-corrected chi connectivity index (χ3v) is 15.1. The first-order chi connectivity index (χ1) is 7.74. The van der Waals surface area contributed by atoms with Crippen molar-refractivity contribution >= 4 is 13.3 Å². The van der Waals surface area contributed by atoms with Crippen LogP contribution in [-0.4, -0.2) is 13.3 Å². The van der Waals surface area contributed by atoms with Crippen LogP contribution >= 0.6 is 0 Å². The summed E-state index contributed by atoms with van der Waals surface area (Å²) < 4.78 is 0. The van der Waals surface area contributed by atoms with Gasteiger partial charge in [0.15, 0.2) is 0 Å². The van der Waals surface area contributed by atoms with Gasteiger partial charge < -0.3 is 0 Å². The van der Waals surface area contributed by atoms with Crippen LogP contribution in [0.25, 0.3) is 0 Å². The Hall–Kier alpha value is 0.283. The van der Waals surface area contributed by atoms with E-state index >= 15 is 0 Å². The van der Waals surface area contributed by atoms with Crippen LogP contribution in [0.2, 0.25) is 21.0 Å². The normalized spacial score (nSPS) is 11.7. The molecule has 0 N–H and O–H groups in total. The summed E-state index contributed by atoms with van der Waals surface area (Å²) in [6, 6.07) is 0. The second-order valence-electron chi connectivity index (χ2n) is 5.30. The van der Waals surface area contributed by atoms with E-state index in [4.69, 9.17) is 0 Å². The topological polar surface area (TPSA) is 0 Å². The van der Waals surface area contributed by atoms with Crippen LogP contribution in [0.1, 0.15) is 59.3 Å². The standard InChI is InChI=1S/C15H32Ge/c1-5-9-13-16(12-8-4,14-10-6-2)15-11-7-3/h8H,4-7,9-15H2,1-3H3. The second kappa shape index (κ2) is 10.4. The van der Waals surface area contributed by atoms with E-state index in [1.807, 2.05) is 0 Å². The van der Waals surface area contributed by atoms with Crippen LogP contribution in [0.5, 0.6) is 0 Å². The van der Waals surface area contributed by atoms with Crippen molar-refractivity contribution in [3.05, 3.63) is 12.7 Å². The van der Waals surface area contributed by atoms with Crippen molar-refractivity contribution in [3.63, 3.8) is 0 Å². The molecule has 0 bridgehead atoms. The fourth-order valence-corrected chi connectivity index (χ4v) is 13.7. The quantitative estimate of drug-likeness (QED) is 0.321. The molecule has 0 unspecified atom stereocenters. The van der Waals surface area contributed by atoms with Crippen molar-refractivity contribution in [1.82, 2.24) is 0 Å². The molecule has 0 aromatic carbocycles. The molecule has 1 heteroatoms. The number of rotatable bonds is 11. The number of hydrogen-bond acceptors (Lipinski definition) is 0. The molecule has 96 valence electrons. The molecule has 0 saturated carbocycles. The Bertz CT molecular complexity index is 141. The first kappa shape index (κ1) is 16.3. The number of unbranched alkanes of at least 4 members (excludes halogenated alkanes) is 3. The monoisotopic (exact) mass is 286 g/mol. The SMILES string of the molecule is C=C[CH2][Ge]([CH2]CCC)([CH2]CCC)[CH2]CCC. The molecule has 0 nitrogen and oxygen atoms in total. The summed E-state index contributed by atoms with van der Waals surface area (Å²) in [7, 11) is 0. The Morgan fingerprint density at radius 3 is 1.44 bits per heavy atom. The maximum atomic E-state index is 4.02. The fraction of sp³-hybridized carbons (Fsp3) is 0.867. The van der Waals surface area contributed by atoms with Crippen LogP contribution in [-0.2, 0) is 0 Å². The van der Waals surface area contributed by atoms with Gasteiger partial charge in [0.05, 0.1) is 0 Å². The van der Waals surface area contributed by atoms with E-state index in [1.165, 1.54) is 43.8 Å². The van der Waals surface area contributed by atoms with Gasteiger partial charge in [0.2, 0.25) is 0 Å². The van der Waals surface area contributed by atoms with Gasteiger partial charge in [-0.25, -0.2) is 0 Å². The van der Waals surface area contributed by atoms with E-state index in [-0.39, 0.29) is 0 Å². The molecule has 0 fully saturated rings. The molecule has 0 aromatic heterocycles. The van der Waals surface area contributed by atoms with Gasteiger partial charge >= 0.3 is 106 Å². The molecule has 0 amide bonds. The van der Waals surface area contributed by atoms with Gasteiger partial charge in [0.1, 0.15) is 0 Å². The van der Waals surface area contributed by atoms with Crippen LogP contribution in [0, 0.1) is 0 Å². The van der Waals surface area contributed by atoms with Crippen molar-refractivity contribution < 1.29 is 0 Å². The Labute approximate surface area is 106 Å². The number of allylic oxidation sites excluding steroid dienone is 1. The number of hydrogen-bond donors (Lipinski definition) is 0. The molecule has 0 heterocycles. The molecule has 0 aliphatic carbocycles. The van der Waals surface area contributed by atoms with E-state index in [2.05, 4.69) is 33.4 Å². The van der Waals surface area contributed by atoms with Crippen LogP contribution in [0.4, 0.5) is 0 Å². The molecular formula is C15H32Ge. The summed E-state index contributed by atoms with van der Waals surface area (Å²) in [5, 5.41) is 6.22. The van der Waals surface area contributed by atoms with E-state index in [9.17, 15) is 0 Å². The zero-order valence-corrected chi connectivity index (χ0v) is 14.0. The average Bonchev–Trinajstić information content (AvgIpc) is 2.31. The first-order valence-corrected chi connectivity index (χ1v) is 13.3. The molecule has 0 aliphatic heterocycles. The third-order valence-electron chi connectivity index (χ3n) is 3.76. The van der Waals surface area contributed by atoms with Crippen molar-refractivity contribution in [2.45, 2.75) is 80.3 Å². The molecule has 0 aliphatic rings. The molecular weight excluding hydrogens is 253 g/mol. The van der Waals surface area contributed by atoms with Crippen LogP contribution in [0.15, 0.2) is 12.7 Å². The zero-order valence-electron chi connectivity index (χ0n) is 11.9. The van der Waals surface area contributed by atoms with E-state index in [0.717, 1.165) is 0 Å².